The molecule has 4 rings (SSSR count). The topological polar surface area (TPSA) is 101 Å². The molecule has 0 radical (unpaired) electrons. The molecule has 0 spiro atoms. The van der Waals surface area contributed by atoms with E-state index in [1.807, 2.05) is 36.9 Å². The van der Waals surface area contributed by atoms with Crippen LogP contribution in [0, 0.1) is 13.8 Å². The van der Waals surface area contributed by atoms with Gasteiger partial charge in [-0.1, -0.05) is 0 Å². The van der Waals surface area contributed by atoms with Crippen LogP contribution in [-0.2, 0) is 7.05 Å². The molecule has 31 heavy (non-hydrogen) atoms. The Morgan fingerprint density at radius 1 is 1.10 bits per heavy atom. The number of aromatic nitrogens is 5. The number of methoxy groups -OCH3 is 1. The van der Waals surface area contributed by atoms with Crippen molar-refractivity contribution in [2.75, 3.05) is 43.5 Å². The number of hydrogen-bond acceptors (Lipinski definition) is 8. The van der Waals surface area contributed by atoms with Crippen LogP contribution in [0.3, 0.4) is 0 Å². The van der Waals surface area contributed by atoms with Crippen molar-refractivity contribution in [1.29, 1.82) is 0 Å². The minimum Gasteiger partial charge on any atom is -0.479 e. The Hall–Kier alpha value is -3.69. The number of amides is 1. The van der Waals surface area contributed by atoms with Gasteiger partial charge in [-0.2, -0.15) is 0 Å². The summed E-state index contributed by atoms with van der Waals surface area (Å²) in [6, 6.07) is 5.83. The smallest absolute Gasteiger partial charge is 0.261 e. The van der Waals surface area contributed by atoms with E-state index in [0.29, 0.717) is 49.3 Å². The van der Waals surface area contributed by atoms with Gasteiger partial charge in [-0.15, -0.1) is 5.10 Å². The lowest BCUT2D eigenvalue weighted by molar-refractivity contribution is 0.0743. The number of ether oxygens (including phenoxy) is 1. The van der Waals surface area contributed by atoms with Gasteiger partial charge in [0, 0.05) is 51.7 Å². The molecule has 1 aliphatic heterocycles. The van der Waals surface area contributed by atoms with Crippen LogP contribution in [0.25, 0.3) is 0 Å². The van der Waals surface area contributed by atoms with Gasteiger partial charge in [0.05, 0.1) is 7.11 Å². The van der Waals surface area contributed by atoms with Gasteiger partial charge in [-0.3, -0.25) is 9.48 Å². The van der Waals surface area contributed by atoms with Crippen LogP contribution in [-0.4, -0.2) is 68.8 Å². The number of nitrogens with one attached hydrogen (secondary N) is 1. The highest BCUT2D eigenvalue weighted by Gasteiger charge is 2.27. The van der Waals surface area contributed by atoms with Crippen LogP contribution < -0.4 is 15.0 Å². The van der Waals surface area contributed by atoms with Crippen LogP contribution in [0.1, 0.15) is 21.7 Å². The predicted molar refractivity (Wildman–Crippen MR) is 117 cm³/mol. The lowest BCUT2D eigenvalue weighted by Gasteiger charge is -2.35. The molecule has 0 aliphatic carbocycles. The number of carbonyl (C=O) groups is 1. The van der Waals surface area contributed by atoms with Crippen LogP contribution >= 0.6 is 0 Å². The molecule has 1 aliphatic rings. The quantitative estimate of drug-likeness (QED) is 0.666. The number of anilines is 3. The second-order valence-electron chi connectivity index (χ2n) is 7.51. The predicted octanol–water partition coefficient (Wildman–Crippen LogP) is 1.94. The molecule has 10 nitrogen and oxygen atoms in total. The first-order valence-electron chi connectivity index (χ1n) is 10.1. The van der Waals surface area contributed by atoms with Crippen molar-refractivity contribution >= 4 is 23.4 Å². The lowest BCUT2D eigenvalue weighted by Crippen LogP contribution is -2.49. The normalized spacial score (nSPS) is 13.9. The average Bonchev–Trinajstić information content (AvgIpc) is 3.14. The summed E-state index contributed by atoms with van der Waals surface area (Å²) in [4.78, 5) is 30.3. The van der Waals surface area contributed by atoms with E-state index in [-0.39, 0.29) is 5.91 Å². The first kappa shape index (κ1) is 20.6. The number of hydrogen-bond donors (Lipinski definition) is 1. The molecular formula is C21H26N8O2. The first-order valence-corrected chi connectivity index (χ1v) is 10.1. The summed E-state index contributed by atoms with van der Waals surface area (Å²) in [5, 5.41) is 7.43. The number of carbonyl (C=O) groups excluding carboxylic acids is 1. The second kappa shape index (κ2) is 8.58. The summed E-state index contributed by atoms with van der Waals surface area (Å²) < 4.78 is 6.82. The number of pyridine rings is 1. The molecule has 0 aromatic carbocycles. The number of nitrogens with zero attached hydrogens (tertiary/aromatic N) is 7. The van der Waals surface area contributed by atoms with Crippen molar-refractivity contribution in [3.63, 3.8) is 0 Å². The zero-order chi connectivity index (χ0) is 22.0. The molecule has 1 saturated heterocycles. The van der Waals surface area contributed by atoms with E-state index in [4.69, 9.17) is 4.74 Å². The van der Waals surface area contributed by atoms with Crippen LogP contribution in [0.5, 0.6) is 5.88 Å². The molecule has 0 bridgehead atoms. The maximum Gasteiger partial charge on any atom is 0.261 e. The third-order valence-electron chi connectivity index (χ3n) is 5.11. The van der Waals surface area contributed by atoms with Crippen molar-refractivity contribution in [1.82, 2.24) is 29.6 Å². The highest BCUT2D eigenvalue weighted by molar-refractivity contribution is 5.96. The van der Waals surface area contributed by atoms with Gasteiger partial charge < -0.3 is 19.9 Å². The standard InChI is InChI=1S/C21H26N8O2/c1-14-5-6-22-17(11-14)25-18-12-19(24-15(2)23-18)28-7-9-29(10-8-28)21(30)16-13-27(3)26-20(16)31-4/h5-6,11-13H,7-10H2,1-4H3,(H,22,23,24,25). The average molecular weight is 422 g/mol. The Kier molecular flexibility index (Phi) is 5.70. The fraction of sp³-hybridized carbons (Fsp3) is 0.381. The zero-order valence-corrected chi connectivity index (χ0v) is 18.2. The van der Waals surface area contributed by atoms with E-state index < -0.39 is 0 Å². The fourth-order valence-corrected chi connectivity index (χ4v) is 3.59. The summed E-state index contributed by atoms with van der Waals surface area (Å²) in [5.41, 5.74) is 1.60. The monoisotopic (exact) mass is 422 g/mol. The zero-order valence-electron chi connectivity index (χ0n) is 18.2. The first-order chi connectivity index (χ1) is 14.9. The van der Waals surface area contributed by atoms with E-state index in [1.165, 1.54) is 7.11 Å². The van der Waals surface area contributed by atoms with Crippen molar-refractivity contribution in [2.45, 2.75) is 13.8 Å². The van der Waals surface area contributed by atoms with Gasteiger partial charge in [0.25, 0.3) is 5.91 Å². The molecule has 162 valence electrons. The van der Waals surface area contributed by atoms with Crippen molar-refractivity contribution in [2.24, 2.45) is 7.05 Å². The molecule has 10 heteroatoms. The molecular weight excluding hydrogens is 396 g/mol. The van der Waals surface area contributed by atoms with Gasteiger partial charge in [0.15, 0.2) is 0 Å². The summed E-state index contributed by atoms with van der Waals surface area (Å²) in [5.74, 6) is 3.21. The SMILES string of the molecule is COc1nn(C)cc1C(=O)N1CCN(c2cc(Nc3cc(C)ccn3)nc(C)n2)CC1. The molecule has 0 atom stereocenters. The van der Waals surface area contributed by atoms with Gasteiger partial charge in [0.1, 0.15) is 28.8 Å². The van der Waals surface area contributed by atoms with Crippen LogP contribution in [0.15, 0.2) is 30.6 Å². The van der Waals surface area contributed by atoms with E-state index in [2.05, 4.69) is 30.3 Å². The number of aryl methyl sites for hydroxylation is 3. The highest BCUT2D eigenvalue weighted by Crippen LogP contribution is 2.22. The summed E-state index contributed by atoms with van der Waals surface area (Å²) in [6.07, 6.45) is 3.46. The number of piperazine rings is 1. The second-order valence-corrected chi connectivity index (χ2v) is 7.51. The molecule has 0 saturated carbocycles. The lowest BCUT2D eigenvalue weighted by atomic mass is 10.2. The minimum absolute atomic E-state index is 0.0728. The van der Waals surface area contributed by atoms with Crippen LogP contribution in [0.4, 0.5) is 17.5 Å². The molecule has 1 N–H and O–H groups in total. The summed E-state index contributed by atoms with van der Waals surface area (Å²) >= 11 is 0. The van der Waals surface area contributed by atoms with Gasteiger partial charge in [0.2, 0.25) is 5.88 Å². The van der Waals surface area contributed by atoms with Crippen LogP contribution in [0.2, 0.25) is 0 Å². The van der Waals surface area contributed by atoms with Gasteiger partial charge in [-0.05, 0) is 31.5 Å². The Morgan fingerprint density at radius 3 is 2.58 bits per heavy atom. The molecule has 3 aromatic heterocycles. The summed E-state index contributed by atoms with van der Waals surface area (Å²) in [7, 11) is 3.29. The highest BCUT2D eigenvalue weighted by atomic mass is 16.5. The van der Waals surface area contributed by atoms with Crippen molar-refractivity contribution in [3.05, 3.63) is 47.5 Å². The maximum absolute atomic E-state index is 12.9. The van der Waals surface area contributed by atoms with Crippen molar-refractivity contribution in [3.8, 4) is 5.88 Å². The molecule has 4 heterocycles. The van der Waals surface area contributed by atoms with Gasteiger partial charge >= 0.3 is 0 Å². The maximum atomic E-state index is 12.9. The Bertz CT molecular complexity index is 1090. The van der Waals surface area contributed by atoms with Crippen molar-refractivity contribution < 1.29 is 9.53 Å². The molecule has 1 fully saturated rings. The number of rotatable bonds is 5. The Balaban J connectivity index is 1.45. The fourth-order valence-electron chi connectivity index (χ4n) is 3.59. The Morgan fingerprint density at radius 2 is 1.87 bits per heavy atom. The molecule has 0 unspecified atom stereocenters. The van der Waals surface area contributed by atoms with E-state index >= 15 is 0 Å². The molecule has 3 aromatic rings. The largest absolute Gasteiger partial charge is 0.479 e. The minimum atomic E-state index is -0.0728. The third kappa shape index (κ3) is 4.57. The third-order valence-corrected chi connectivity index (χ3v) is 5.11. The van der Waals surface area contributed by atoms with E-state index in [9.17, 15) is 4.79 Å². The van der Waals surface area contributed by atoms with E-state index in [0.717, 1.165) is 17.2 Å². The summed E-state index contributed by atoms with van der Waals surface area (Å²) in [6.45, 7) is 6.41. The molecule has 1 amide bonds. The Labute approximate surface area is 180 Å². The van der Waals surface area contributed by atoms with E-state index in [1.54, 1.807) is 24.1 Å². The van der Waals surface area contributed by atoms with Gasteiger partial charge in [-0.25, -0.2) is 15.0 Å².